The van der Waals surface area contributed by atoms with Gasteiger partial charge in [0.25, 0.3) is 5.91 Å². The molecule has 3 rings (SSSR count). The molecule has 0 fully saturated rings. The Morgan fingerprint density at radius 2 is 1.70 bits per heavy atom. The molecule has 2 N–H and O–H groups in total. The van der Waals surface area contributed by atoms with E-state index in [4.69, 9.17) is 60.4 Å². The molecule has 1 heterocycles. The molecule has 33 heavy (non-hydrogen) atoms. The molecule has 13 heteroatoms. The molecular formula is C20H16Cl4N4O5. The lowest BCUT2D eigenvalue weighted by Crippen LogP contribution is -2.36. The Balaban J connectivity index is 1.45. The van der Waals surface area contributed by atoms with Crippen LogP contribution in [0.5, 0.6) is 11.5 Å². The minimum atomic E-state index is -0.608. The first-order chi connectivity index (χ1) is 15.8. The van der Waals surface area contributed by atoms with Crippen molar-refractivity contribution in [3.63, 3.8) is 0 Å². The highest BCUT2D eigenvalue weighted by Gasteiger charge is 2.18. The van der Waals surface area contributed by atoms with Crippen molar-refractivity contribution in [2.45, 2.75) is 0 Å². The van der Waals surface area contributed by atoms with Crippen molar-refractivity contribution in [1.29, 1.82) is 0 Å². The molecule has 0 atom stereocenters. The third kappa shape index (κ3) is 6.64. The number of ether oxygens (including phenoxy) is 2. The van der Waals surface area contributed by atoms with Crippen LogP contribution >= 0.6 is 46.4 Å². The van der Waals surface area contributed by atoms with Gasteiger partial charge in [-0.05, 0) is 24.3 Å². The van der Waals surface area contributed by atoms with Crippen LogP contribution in [0.1, 0.15) is 10.7 Å². The zero-order valence-corrected chi connectivity index (χ0v) is 20.0. The Morgan fingerprint density at radius 3 is 2.45 bits per heavy atom. The van der Waals surface area contributed by atoms with E-state index in [1.165, 1.54) is 19.2 Å². The van der Waals surface area contributed by atoms with E-state index in [2.05, 4.69) is 20.8 Å². The Bertz CT molecular complexity index is 1170. The third-order valence-electron chi connectivity index (χ3n) is 4.09. The van der Waals surface area contributed by atoms with Crippen molar-refractivity contribution < 1.29 is 23.6 Å². The van der Waals surface area contributed by atoms with Crippen LogP contribution in [-0.2, 0) is 4.79 Å². The molecule has 2 amide bonds. The number of nitrogens with zero attached hydrogens (tertiary/aromatic N) is 2. The number of carbonyl (C=O) groups excluding carboxylic acids is 2. The summed E-state index contributed by atoms with van der Waals surface area (Å²) in [6, 6.07) is 7.72. The predicted molar refractivity (Wildman–Crippen MR) is 124 cm³/mol. The Morgan fingerprint density at radius 1 is 0.970 bits per heavy atom. The van der Waals surface area contributed by atoms with Gasteiger partial charge >= 0.3 is 11.8 Å². The summed E-state index contributed by atoms with van der Waals surface area (Å²) in [4.78, 5) is 28.2. The van der Waals surface area contributed by atoms with Crippen LogP contribution in [0.2, 0.25) is 20.1 Å². The summed E-state index contributed by atoms with van der Waals surface area (Å²) in [7, 11) is 1.49. The first-order valence-electron chi connectivity index (χ1n) is 9.28. The quantitative estimate of drug-likeness (QED) is 0.311. The maximum Gasteiger partial charge on any atom is 0.316 e. The summed E-state index contributed by atoms with van der Waals surface area (Å²) in [6.07, 6.45) is 0. The molecule has 0 unspecified atom stereocenters. The third-order valence-corrected chi connectivity index (χ3v) is 5.34. The fraction of sp³-hybridized carbons (Fsp3) is 0.200. The van der Waals surface area contributed by atoms with Crippen molar-refractivity contribution >= 4 is 58.2 Å². The lowest BCUT2D eigenvalue weighted by molar-refractivity contribution is -0.123. The minimum Gasteiger partial charge on any atom is -0.496 e. The van der Waals surface area contributed by atoms with Crippen LogP contribution in [-0.4, -0.2) is 48.8 Å². The molecule has 3 aromatic rings. The minimum absolute atomic E-state index is 0.107. The van der Waals surface area contributed by atoms with Crippen LogP contribution in [0.15, 0.2) is 34.9 Å². The molecule has 174 valence electrons. The molecule has 0 aliphatic carbocycles. The van der Waals surface area contributed by atoms with Crippen LogP contribution in [0.25, 0.3) is 11.4 Å². The highest BCUT2D eigenvalue weighted by Crippen LogP contribution is 2.34. The monoisotopic (exact) mass is 532 g/mol. The lowest BCUT2D eigenvalue weighted by atomic mass is 10.2. The molecule has 0 spiro atoms. The standard InChI is InChI=1S/C20H16Cl4N4O5/c1-31-15-3-2-10(21)6-11(15)18-27-20(33-28-18)19(30)26-5-4-25-17(29)9-32-16-8-13(23)12(22)7-14(16)24/h2-3,6-8H,4-5,9H2,1H3,(H,25,29)(H,26,30). The summed E-state index contributed by atoms with van der Waals surface area (Å²) in [5, 5.41) is 10.1. The summed E-state index contributed by atoms with van der Waals surface area (Å²) >= 11 is 23.7. The predicted octanol–water partition coefficient (Wildman–Crippen LogP) is 4.28. The second-order valence-corrected chi connectivity index (χ2v) is 8.02. The Labute approximate surface area is 208 Å². The van der Waals surface area contributed by atoms with Crippen molar-refractivity contribution in [2.24, 2.45) is 0 Å². The first kappa shape index (κ1) is 24.9. The van der Waals surface area contributed by atoms with Crippen LogP contribution in [0.3, 0.4) is 0 Å². The van der Waals surface area contributed by atoms with Crippen molar-refractivity contribution in [1.82, 2.24) is 20.8 Å². The zero-order valence-electron chi connectivity index (χ0n) is 17.0. The summed E-state index contributed by atoms with van der Waals surface area (Å²) in [5.41, 5.74) is 0.474. The number of aromatic nitrogens is 2. The largest absolute Gasteiger partial charge is 0.496 e. The Kier molecular flexibility index (Phi) is 8.62. The summed E-state index contributed by atoms with van der Waals surface area (Å²) < 4.78 is 15.6. The zero-order chi connectivity index (χ0) is 24.0. The first-order valence-corrected chi connectivity index (χ1v) is 10.8. The molecule has 0 saturated carbocycles. The summed E-state index contributed by atoms with van der Waals surface area (Å²) in [6.45, 7) is -0.0669. The number of amides is 2. The van der Waals surface area contributed by atoms with Gasteiger partial charge in [0, 0.05) is 24.2 Å². The van der Waals surface area contributed by atoms with Crippen LogP contribution < -0.4 is 20.1 Å². The van der Waals surface area contributed by atoms with E-state index in [0.29, 0.717) is 16.3 Å². The van der Waals surface area contributed by atoms with Crippen molar-refractivity contribution in [3.8, 4) is 22.9 Å². The smallest absolute Gasteiger partial charge is 0.316 e. The van der Waals surface area contributed by atoms with E-state index in [-0.39, 0.29) is 52.2 Å². The number of methoxy groups -OCH3 is 1. The number of rotatable bonds is 9. The molecule has 0 aliphatic rings. The van der Waals surface area contributed by atoms with E-state index < -0.39 is 11.8 Å². The van der Waals surface area contributed by atoms with E-state index in [9.17, 15) is 9.59 Å². The fourth-order valence-electron chi connectivity index (χ4n) is 2.54. The SMILES string of the molecule is COc1ccc(Cl)cc1-c1noc(C(=O)NCCNC(=O)COc2cc(Cl)c(Cl)cc2Cl)n1. The van der Waals surface area contributed by atoms with E-state index in [1.54, 1.807) is 18.2 Å². The number of carbonyl (C=O) groups is 2. The van der Waals surface area contributed by atoms with Gasteiger partial charge in [0.2, 0.25) is 5.82 Å². The molecule has 0 saturated heterocycles. The average molecular weight is 534 g/mol. The highest BCUT2D eigenvalue weighted by atomic mass is 35.5. The van der Waals surface area contributed by atoms with Gasteiger partial charge in [-0.1, -0.05) is 51.6 Å². The molecule has 0 aliphatic heterocycles. The van der Waals surface area contributed by atoms with Crippen molar-refractivity contribution in [2.75, 3.05) is 26.8 Å². The van der Waals surface area contributed by atoms with Crippen LogP contribution in [0.4, 0.5) is 0 Å². The van der Waals surface area contributed by atoms with E-state index >= 15 is 0 Å². The highest BCUT2D eigenvalue weighted by molar-refractivity contribution is 6.43. The summed E-state index contributed by atoms with van der Waals surface area (Å²) in [5.74, 6) is -0.457. The van der Waals surface area contributed by atoms with Gasteiger partial charge in [0.1, 0.15) is 11.5 Å². The number of hydrogen-bond acceptors (Lipinski definition) is 7. The molecule has 0 radical (unpaired) electrons. The normalized spacial score (nSPS) is 10.6. The van der Waals surface area contributed by atoms with Crippen LogP contribution in [0, 0.1) is 0 Å². The van der Waals surface area contributed by atoms with Gasteiger partial charge in [-0.3, -0.25) is 9.59 Å². The van der Waals surface area contributed by atoms with E-state index in [0.717, 1.165) is 0 Å². The van der Waals surface area contributed by atoms with Gasteiger partial charge in [-0.2, -0.15) is 4.98 Å². The van der Waals surface area contributed by atoms with Gasteiger partial charge < -0.3 is 24.6 Å². The lowest BCUT2D eigenvalue weighted by Gasteiger charge is -2.10. The Hall–Kier alpha value is -2.72. The maximum atomic E-state index is 12.2. The topological polar surface area (TPSA) is 116 Å². The van der Waals surface area contributed by atoms with Crippen molar-refractivity contribution in [3.05, 3.63) is 56.3 Å². The molecule has 0 bridgehead atoms. The maximum absolute atomic E-state index is 12.2. The number of nitrogens with one attached hydrogen (secondary N) is 2. The fourth-order valence-corrected chi connectivity index (χ4v) is 3.31. The second-order valence-electron chi connectivity index (χ2n) is 6.36. The molecule has 1 aromatic heterocycles. The second kappa shape index (κ2) is 11.4. The number of benzene rings is 2. The molecule has 9 nitrogen and oxygen atoms in total. The van der Waals surface area contributed by atoms with Gasteiger partial charge in [0.05, 0.1) is 27.7 Å². The average Bonchev–Trinajstić information content (AvgIpc) is 3.28. The van der Waals surface area contributed by atoms with Gasteiger partial charge in [-0.25, -0.2) is 0 Å². The molecule has 2 aromatic carbocycles. The van der Waals surface area contributed by atoms with Gasteiger partial charge in [-0.15, -0.1) is 0 Å². The van der Waals surface area contributed by atoms with E-state index in [1.807, 2.05) is 0 Å². The van der Waals surface area contributed by atoms with Gasteiger partial charge in [0.15, 0.2) is 6.61 Å². The molecular weight excluding hydrogens is 518 g/mol. The number of hydrogen-bond donors (Lipinski definition) is 2. The number of halogens is 4.